The van der Waals surface area contributed by atoms with Gasteiger partial charge in [-0.05, 0) is 63.1 Å². The van der Waals surface area contributed by atoms with Gasteiger partial charge in [0, 0.05) is 5.69 Å². The van der Waals surface area contributed by atoms with Crippen LogP contribution in [-0.2, 0) is 14.3 Å². The van der Waals surface area contributed by atoms with E-state index in [1.165, 1.54) is 38.3 Å². The van der Waals surface area contributed by atoms with Gasteiger partial charge in [-0.1, -0.05) is 17.7 Å². The van der Waals surface area contributed by atoms with Crippen molar-refractivity contribution in [1.29, 1.82) is 0 Å². The van der Waals surface area contributed by atoms with Crippen LogP contribution >= 0.6 is 0 Å². The maximum atomic E-state index is 12.4. The minimum atomic E-state index is -0.974. The number of benzene rings is 2. The van der Waals surface area contributed by atoms with E-state index in [1.54, 1.807) is 0 Å². The Labute approximate surface area is 158 Å². The van der Waals surface area contributed by atoms with Crippen LogP contribution in [0.3, 0.4) is 0 Å². The van der Waals surface area contributed by atoms with Crippen LogP contribution < -0.4 is 5.32 Å². The standard InChI is InChI=1S/C21H23NO5/c1-12-10-13(2)18(14(3)11-12)22-19(23)15(4)27-21(25)17-8-6-16(7-9-17)20(24)26-5/h6-11,15H,1-5H3,(H,22,23)/t15-/m1/s1. The highest BCUT2D eigenvalue weighted by atomic mass is 16.5. The third-order valence-electron chi connectivity index (χ3n) is 4.12. The molecule has 2 rings (SSSR count). The van der Waals surface area contributed by atoms with Crippen LogP contribution in [0.5, 0.6) is 0 Å². The highest BCUT2D eigenvalue weighted by molar-refractivity contribution is 5.98. The largest absolute Gasteiger partial charge is 0.465 e. The molecule has 2 aromatic carbocycles. The van der Waals surface area contributed by atoms with E-state index in [9.17, 15) is 14.4 Å². The van der Waals surface area contributed by atoms with Crippen molar-refractivity contribution in [3.05, 3.63) is 64.2 Å². The fraction of sp³-hybridized carbons (Fsp3) is 0.286. The molecule has 1 amide bonds. The Morgan fingerprint density at radius 1 is 0.889 bits per heavy atom. The molecule has 0 aliphatic heterocycles. The number of nitrogens with one attached hydrogen (secondary N) is 1. The smallest absolute Gasteiger partial charge is 0.338 e. The molecule has 1 atom stereocenters. The molecule has 2 aromatic rings. The van der Waals surface area contributed by atoms with Crippen LogP contribution in [0.4, 0.5) is 5.69 Å². The monoisotopic (exact) mass is 369 g/mol. The summed E-state index contributed by atoms with van der Waals surface area (Å²) in [7, 11) is 1.28. The summed E-state index contributed by atoms with van der Waals surface area (Å²) in [6.07, 6.45) is -0.974. The first kappa shape index (κ1) is 20.2. The summed E-state index contributed by atoms with van der Waals surface area (Å²) in [5.41, 5.74) is 4.28. The molecule has 0 fully saturated rings. The second-order valence-electron chi connectivity index (χ2n) is 6.38. The predicted octanol–water partition coefficient (Wildman–Crippen LogP) is 3.58. The molecule has 0 saturated heterocycles. The Morgan fingerprint density at radius 3 is 1.85 bits per heavy atom. The molecule has 0 aliphatic carbocycles. The minimum Gasteiger partial charge on any atom is -0.465 e. The van der Waals surface area contributed by atoms with Crippen molar-refractivity contribution >= 4 is 23.5 Å². The molecule has 0 heterocycles. The zero-order valence-electron chi connectivity index (χ0n) is 16.1. The van der Waals surface area contributed by atoms with Crippen molar-refractivity contribution in [3.8, 4) is 0 Å². The van der Waals surface area contributed by atoms with Crippen molar-refractivity contribution in [3.63, 3.8) is 0 Å². The molecule has 27 heavy (non-hydrogen) atoms. The molecule has 6 heteroatoms. The molecule has 142 valence electrons. The molecule has 0 bridgehead atoms. The van der Waals surface area contributed by atoms with Gasteiger partial charge in [0.15, 0.2) is 6.10 Å². The summed E-state index contributed by atoms with van der Waals surface area (Å²) in [4.78, 5) is 36.0. The van der Waals surface area contributed by atoms with E-state index in [0.717, 1.165) is 22.4 Å². The van der Waals surface area contributed by atoms with Crippen molar-refractivity contribution in [2.45, 2.75) is 33.8 Å². The van der Waals surface area contributed by atoms with Gasteiger partial charge in [0.05, 0.1) is 18.2 Å². The van der Waals surface area contributed by atoms with Crippen LogP contribution in [0.15, 0.2) is 36.4 Å². The number of hydrogen-bond donors (Lipinski definition) is 1. The molecular formula is C21H23NO5. The number of hydrogen-bond acceptors (Lipinski definition) is 5. The average molecular weight is 369 g/mol. The fourth-order valence-corrected chi connectivity index (χ4v) is 2.74. The lowest BCUT2D eigenvalue weighted by molar-refractivity contribution is -0.123. The number of esters is 2. The van der Waals surface area contributed by atoms with E-state index in [2.05, 4.69) is 10.1 Å². The lowest BCUT2D eigenvalue weighted by Crippen LogP contribution is -2.30. The summed E-state index contributed by atoms with van der Waals surface area (Å²) in [6.45, 7) is 7.32. The van der Waals surface area contributed by atoms with Gasteiger partial charge in [-0.2, -0.15) is 0 Å². The summed E-state index contributed by atoms with van der Waals surface area (Å²) in [5.74, 6) is -1.55. The highest BCUT2D eigenvalue weighted by Gasteiger charge is 2.20. The van der Waals surface area contributed by atoms with Gasteiger partial charge in [-0.3, -0.25) is 4.79 Å². The van der Waals surface area contributed by atoms with Gasteiger partial charge < -0.3 is 14.8 Å². The number of aryl methyl sites for hydroxylation is 3. The van der Waals surface area contributed by atoms with Gasteiger partial charge in [0.1, 0.15) is 0 Å². The van der Waals surface area contributed by atoms with Crippen LogP contribution in [0.25, 0.3) is 0 Å². The fourth-order valence-electron chi connectivity index (χ4n) is 2.74. The van der Waals surface area contributed by atoms with Gasteiger partial charge in [-0.25, -0.2) is 9.59 Å². The minimum absolute atomic E-state index is 0.241. The summed E-state index contributed by atoms with van der Waals surface area (Å²) in [6, 6.07) is 9.78. The molecule has 0 saturated carbocycles. The van der Waals surface area contributed by atoms with E-state index in [0.29, 0.717) is 5.56 Å². The zero-order chi connectivity index (χ0) is 20.1. The topological polar surface area (TPSA) is 81.7 Å². The number of carbonyl (C=O) groups is 3. The maximum Gasteiger partial charge on any atom is 0.338 e. The van der Waals surface area contributed by atoms with Crippen molar-refractivity contribution in [2.24, 2.45) is 0 Å². The Hall–Kier alpha value is -3.15. The first-order valence-corrected chi connectivity index (χ1v) is 8.51. The predicted molar refractivity (Wildman–Crippen MR) is 102 cm³/mol. The quantitative estimate of drug-likeness (QED) is 0.815. The van der Waals surface area contributed by atoms with Crippen LogP contribution in [0.2, 0.25) is 0 Å². The van der Waals surface area contributed by atoms with Gasteiger partial charge >= 0.3 is 11.9 Å². The van der Waals surface area contributed by atoms with Crippen LogP contribution in [0, 0.1) is 20.8 Å². The Morgan fingerprint density at radius 2 is 1.37 bits per heavy atom. The first-order chi connectivity index (χ1) is 12.7. The summed E-state index contributed by atoms with van der Waals surface area (Å²) >= 11 is 0. The average Bonchev–Trinajstić information content (AvgIpc) is 2.63. The second-order valence-corrected chi connectivity index (χ2v) is 6.38. The molecule has 0 radical (unpaired) electrons. The van der Waals surface area contributed by atoms with E-state index >= 15 is 0 Å². The Kier molecular flexibility index (Phi) is 6.34. The number of amides is 1. The number of rotatable bonds is 5. The normalized spacial score (nSPS) is 11.4. The molecule has 0 aromatic heterocycles. The van der Waals surface area contributed by atoms with Crippen molar-refractivity contribution in [1.82, 2.24) is 0 Å². The number of methoxy groups -OCH3 is 1. The third-order valence-corrected chi connectivity index (χ3v) is 4.12. The van der Waals surface area contributed by atoms with Crippen LogP contribution in [-0.4, -0.2) is 31.1 Å². The second kappa shape index (κ2) is 8.49. The van der Waals surface area contributed by atoms with Gasteiger partial charge in [0.2, 0.25) is 0 Å². The number of ether oxygens (including phenoxy) is 2. The SMILES string of the molecule is COC(=O)c1ccc(C(=O)O[C@H](C)C(=O)Nc2c(C)cc(C)cc2C)cc1. The molecule has 0 unspecified atom stereocenters. The lowest BCUT2D eigenvalue weighted by atomic mass is 10.0. The van der Waals surface area contributed by atoms with E-state index in [1.807, 2.05) is 32.9 Å². The highest BCUT2D eigenvalue weighted by Crippen LogP contribution is 2.22. The number of anilines is 1. The van der Waals surface area contributed by atoms with Crippen molar-refractivity contribution < 1.29 is 23.9 Å². The van der Waals surface area contributed by atoms with E-state index < -0.39 is 23.9 Å². The van der Waals surface area contributed by atoms with E-state index in [4.69, 9.17) is 4.74 Å². The molecule has 6 nitrogen and oxygen atoms in total. The lowest BCUT2D eigenvalue weighted by Gasteiger charge is -2.17. The maximum absolute atomic E-state index is 12.4. The zero-order valence-corrected chi connectivity index (χ0v) is 16.1. The Bertz CT molecular complexity index is 848. The summed E-state index contributed by atoms with van der Waals surface area (Å²) < 4.78 is 9.84. The Balaban J connectivity index is 2.03. The third kappa shape index (κ3) is 4.94. The summed E-state index contributed by atoms with van der Waals surface area (Å²) in [5, 5.41) is 2.82. The number of carbonyl (C=O) groups excluding carboxylic acids is 3. The van der Waals surface area contributed by atoms with E-state index in [-0.39, 0.29) is 5.56 Å². The van der Waals surface area contributed by atoms with Gasteiger partial charge in [0.25, 0.3) is 5.91 Å². The molecular weight excluding hydrogens is 346 g/mol. The molecule has 1 N–H and O–H groups in total. The van der Waals surface area contributed by atoms with Crippen molar-refractivity contribution in [2.75, 3.05) is 12.4 Å². The first-order valence-electron chi connectivity index (χ1n) is 8.51. The molecule has 0 spiro atoms. The van der Waals surface area contributed by atoms with Crippen LogP contribution in [0.1, 0.15) is 44.3 Å². The van der Waals surface area contributed by atoms with Gasteiger partial charge in [-0.15, -0.1) is 0 Å². The molecule has 0 aliphatic rings.